The van der Waals surface area contributed by atoms with Gasteiger partial charge in [-0.15, -0.1) is 21.5 Å². The van der Waals surface area contributed by atoms with Crippen molar-refractivity contribution in [2.24, 2.45) is 0 Å². The molecule has 20 heavy (non-hydrogen) atoms. The predicted octanol–water partition coefficient (Wildman–Crippen LogP) is 2.74. The molecule has 4 nitrogen and oxygen atoms in total. The van der Waals surface area contributed by atoms with Crippen molar-refractivity contribution in [2.75, 3.05) is 6.54 Å². The molecule has 0 fully saturated rings. The van der Waals surface area contributed by atoms with Gasteiger partial charge in [-0.1, -0.05) is 6.07 Å². The van der Waals surface area contributed by atoms with E-state index < -0.39 is 0 Å². The van der Waals surface area contributed by atoms with Crippen LogP contribution in [0.25, 0.3) is 5.65 Å². The van der Waals surface area contributed by atoms with E-state index in [0.717, 1.165) is 31.0 Å². The average molecular weight is 286 g/mol. The highest BCUT2D eigenvalue weighted by Gasteiger charge is 2.05. The van der Waals surface area contributed by atoms with Crippen molar-refractivity contribution >= 4 is 17.0 Å². The first-order valence-corrected chi connectivity index (χ1v) is 7.61. The lowest BCUT2D eigenvalue weighted by Crippen LogP contribution is -2.17. The molecule has 0 atom stereocenters. The second-order valence-electron chi connectivity index (χ2n) is 4.91. The van der Waals surface area contributed by atoms with Gasteiger partial charge in [-0.2, -0.15) is 0 Å². The van der Waals surface area contributed by atoms with Crippen LogP contribution in [0, 0.1) is 13.8 Å². The second-order valence-corrected chi connectivity index (χ2v) is 6.37. The third-order valence-corrected chi connectivity index (χ3v) is 4.38. The van der Waals surface area contributed by atoms with Crippen LogP contribution in [0.15, 0.2) is 30.5 Å². The van der Waals surface area contributed by atoms with Crippen LogP contribution >= 0.6 is 11.3 Å². The van der Waals surface area contributed by atoms with Gasteiger partial charge in [0, 0.05) is 35.5 Å². The van der Waals surface area contributed by atoms with Gasteiger partial charge in [-0.05, 0) is 37.6 Å². The molecule has 104 valence electrons. The molecule has 0 saturated carbocycles. The maximum atomic E-state index is 4.24. The number of hydrogen-bond acceptors (Lipinski definition) is 4. The molecule has 3 aromatic rings. The Morgan fingerprint density at radius 3 is 2.95 bits per heavy atom. The van der Waals surface area contributed by atoms with Crippen LogP contribution in [0.2, 0.25) is 0 Å². The van der Waals surface area contributed by atoms with E-state index >= 15 is 0 Å². The van der Waals surface area contributed by atoms with Crippen LogP contribution in [0.5, 0.6) is 0 Å². The van der Waals surface area contributed by atoms with Gasteiger partial charge in [0.15, 0.2) is 5.65 Å². The van der Waals surface area contributed by atoms with E-state index in [4.69, 9.17) is 0 Å². The number of fused-ring (bicyclic) bond motifs is 1. The Kier molecular flexibility index (Phi) is 3.80. The summed E-state index contributed by atoms with van der Waals surface area (Å²) in [6.07, 6.45) is 2.89. The van der Waals surface area contributed by atoms with E-state index in [2.05, 4.69) is 35.4 Å². The molecule has 3 rings (SSSR count). The number of rotatable bonds is 5. The summed E-state index contributed by atoms with van der Waals surface area (Å²) in [6.45, 7) is 6.17. The van der Waals surface area contributed by atoms with E-state index in [9.17, 15) is 0 Å². The van der Waals surface area contributed by atoms with Crippen LogP contribution in [0.4, 0.5) is 0 Å². The summed E-state index contributed by atoms with van der Waals surface area (Å²) in [5, 5.41) is 11.9. The average Bonchev–Trinajstić information content (AvgIpc) is 2.99. The lowest BCUT2D eigenvalue weighted by Gasteiger charge is -2.03. The maximum Gasteiger partial charge on any atom is 0.160 e. The lowest BCUT2D eigenvalue weighted by molar-refractivity contribution is 0.666. The Bertz CT molecular complexity index is 714. The quantitative estimate of drug-likeness (QED) is 0.733. The molecule has 0 unspecified atom stereocenters. The fourth-order valence-electron chi connectivity index (χ4n) is 2.34. The van der Waals surface area contributed by atoms with Crippen molar-refractivity contribution in [1.82, 2.24) is 19.9 Å². The number of aromatic nitrogens is 3. The molecule has 5 heteroatoms. The Hall–Kier alpha value is -1.72. The predicted molar refractivity (Wildman–Crippen MR) is 82.2 cm³/mol. The van der Waals surface area contributed by atoms with Gasteiger partial charge in [0.05, 0.1) is 0 Å². The summed E-state index contributed by atoms with van der Waals surface area (Å²) >= 11 is 1.86. The molecule has 0 spiro atoms. The zero-order chi connectivity index (χ0) is 13.9. The number of aryl methyl sites for hydroxylation is 2. The van der Waals surface area contributed by atoms with Crippen LogP contribution in [0.1, 0.15) is 21.1 Å². The molecule has 1 N–H and O–H groups in total. The zero-order valence-corrected chi connectivity index (χ0v) is 12.6. The third-order valence-electron chi connectivity index (χ3n) is 3.37. The molecule has 0 aromatic carbocycles. The van der Waals surface area contributed by atoms with Crippen LogP contribution in [-0.2, 0) is 13.0 Å². The largest absolute Gasteiger partial charge is 0.312 e. The molecular formula is C15H18N4S. The first-order valence-electron chi connectivity index (χ1n) is 6.79. The van der Waals surface area contributed by atoms with Crippen molar-refractivity contribution in [1.29, 1.82) is 0 Å². The minimum Gasteiger partial charge on any atom is -0.312 e. The Labute approximate surface area is 122 Å². The molecule has 0 amide bonds. The summed E-state index contributed by atoms with van der Waals surface area (Å²) in [7, 11) is 0. The maximum absolute atomic E-state index is 4.24. The smallest absolute Gasteiger partial charge is 0.160 e. The van der Waals surface area contributed by atoms with Crippen molar-refractivity contribution in [3.05, 3.63) is 51.6 Å². The standard InChI is InChI=1S/C15H18N4S/c1-11-9-13(12(2)20-11)10-16-7-6-15-18-17-14-5-3-4-8-19(14)15/h3-5,8-9,16H,6-7,10H2,1-2H3. The van der Waals surface area contributed by atoms with Crippen molar-refractivity contribution < 1.29 is 0 Å². The number of pyridine rings is 1. The molecular weight excluding hydrogens is 268 g/mol. The number of nitrogens with one attached hydrogen (secondary N) is 1. The van der Waals surface area contributed by atoms with Gasteiger partial charge >= 0.3 is 0 Å². The fourth-order valence-corrected chi connectivity index (χ4v) is 3.29. The molecule has 0 bridgehead atoms. The SMILES string of the molecule is Cc1cc(CNCCc2nnc3ccccn23)c(C)s1. The summed E-state index contributed by atoms with van der Waals surface area (Å²) in [4.78, 5) is 2.78. The Balaban J connectivity index is 1.56. The highest BCUT2D eigenvalue weighted by molar-refractivity contribution is 7.12. The summed E-state index contributed by atoms with van der Waals surface area (Å²) < 4.78 is 2.04. The van der Waals surface area contributed by atoms with E-state index in [-0.39, 0.29) is 0 Å². The fraction of sp³-hybridized carbons (Fsp3) is 0.333. The van der Waals surface area contributed by atoms with Crippen LogP contribution in [-0.4, -0.2) is 21.1 Å². The molecule has 0 aliphatic rings. The Morgan fingerprint density at radius 1 is 1.25 bits per heavy atom. The van der Waals surface area contributed by atoms with E-state index in [1.807, 2.05) is 40.1 Å². The topological polar surface area (TPSA) is 42.2 Å². The van der Waals surface area contributed by atoms with Gasteiger partial charge in [0.2, 0.25) is 0 Å². The Morgan fingerprint density at radius 2 is 2.15 bits per heavy atom. The van der Waals surface area contributed by atoms with Gasteiger partial charge in [-0.3, -0.25) is 4.40 Å². The minimum atomic E-state index is 0.882. The number of thiophene rings is 1. The second kappa shape index (κ2) is 5.73. The molecule has 0 aliphatic carbocycles. The molecule has 3 heterocycles. The molecule has 3 aromatic heterocycles. The van der Waals surface area contributed by atoms with Gasteiger partial charge < -0.3 is 5.32 Å². The summed E-state index contributed by atoms with van der Waals surface area (Å²) in [5.41, 5.74) is 2.31. The van der Waals surface area contributed by atoms with Crippen molar-refractivity contribution in [3.8, 4) is 0 Å². The van der Waals surface area contributed by atoms with Crippen LogP contribution < -0.4 is 5.32 Å². The monoisotopic (exact) mass is 286 g/mol. The number of hydrogen-bond donors (Lipinski definition) is 1. The summed E-state index contributed by atoms with van der Waals surface area (Å²) in [6, 6.07) is 8.22. The van der Waals surface area contributed by atoms with Crippen molar-refractivity contribution in [2.45, 2.75) is 26.8 Å². The van der Waals surface area contributed by atoms with Gasteiger partial charge in [0.25, 0.3) is 0 Å². The minimum absolute atomic E-state index is 0.882. The zero-order valence-electron chi connectivity index (χ0n) is 11.8. The molecule has 0 radical (unpaired) electrons. The molecule has 0 aliphatic heterocycles. The van der Waals surface area contributed by atoms with E-state index in [1.165, 1.54) is 15.3 Å². The first-order chi connectivity index (χ1) is 9.74. The van der Waals surface area contributed by atoms with E-state index in [1.54, 1.807) is 0 Å². The van der Waals surface area contributed by atoms with Crippen molar-refractivity contribution in [3.63, 3.8) is 0 Å². The highest BCUT2D eigenvalue weighted by atomic mass is 32.1. The normalized spacial score (nSPS) is 11.3. The lowest BCUT2D eigenvalue weighted by atomic mass is 10.2. The third kappa shape index (κ3) is 2.73. The first kappa shape index (κ1) is 13.3. The molecule has 0 saturated heterocycles. The number of nitrogens with zero attached hydrogens (tertiary/aromatic N) is 3. The highest BCUT2D eigenvalue weighted by Crippen LogP contribution is 2.20. The summed E-state index contributed by atoms with van der Waals surface area (Å²) in [5.74, 6) is 1.01. The van der Waals surface area contributed by atoms with Gasteiger partial charge in [0.1, 0.15) is 5.82 Å². The van der Waals surface area contributed by atoms with Crippen LogP contribution in [0.3, 0.4) is 0 Å². The van der Waals surface area contributed by atoms with E-state index in [0.29, 0.717) is 0 Å². The van der Waals surface area contributed by atoms with Gasteiger partial charge in [-0.25, -0.2) is 0 Å².